The Hall–Kier alpha value is -0.120. The number of ether oxygens (including phenoxy) is 2. The molecule has 0 unspecified atom stereocenters. The SMILES string of the molecule is CC1(CCCCCCCCCCCO)COC(C)(C)OC1. The minimum absolute atomic E-state index is 0.208. The first kappa shape index (κ1) is 18.9. The normalized spacial score (nSPS) is 20.6. The molecule has 1 heterocycles. The van der Waals surface area contributed by atoms with Gasteiger partial charge in [0.05, 0.1) is 13.2 Å². The Balaban J connectivity index is 1.92. The molecule has 1 N–H and O–H groups in total. The van der Waals surface area contributed by atoms with E-state index in [1.165, 1.54) is 57.8 Å². The molecule has 0 radical (unpaired) electrons. The summed E-state index contributed by atoms with van der Waals surface area (Å²) < 4.78 is 11.6. The van der Waals surface area contributed by atoms with Crippen molar-refractivity contribution in [2.24, 2.45) is 5.41 Å². The number of hydrogen-bond donors (Lipinski definition) is 1. The van der Waals surface area contributed by atoms with Crippen LogP contribution in [0.5, 0.6) is 0 Å². The molecule has 0 bridgehead atoms. The number of unbranched alkanes of at least 4 members (excludes halogenated alkanes) is 8. The highest BCUT2D eigenvalue weighted by atomic mass is 16.7. The lowest BCUT2D eigenvalue weighted by molar-refractivity contribution is -0.283. The van der Waals surface area contributed by atoms with E-state index in [4.69, 9.17) is 14.6 Å². The van der Waals surface area contributed by atoms with Crippen LogP contribution in [0.4, 0.5) is 0 Å². The third-order valence-electron chi connectivity index (χ3n) is 4.47. The van der Waals surface area contributed by atoms with Crippen LogP contribution >= 0.6 is 0 Å². The van der Waals surface area contributed by atoms with E-state index >= 15 is 0 Å². The van der Waals surface area contributed by atoms with Crippen molar-refractivity contribution in [3.8, 4) is 0 Å². The second-order valence-corrected chi connectivity index (χ2v) is 7.44. The zero-order chi connectivity index (χ0) is 15.6. The highest BCUT2D eigenvalue weighted by Crippen LogP contribution is 2.33. The van der Waals surface area contributed by atoms with Gasteiger partial charge in [0.2, 0.25) is 0 Å². The van der Waals surface area contributed by atoms with Crippen LogP contribution in [0.15, 0.2) is 0 Å². The smallest absolute Gasteiger partial charge is 0.162 e. The van der Waals surface area contributed by atoms with E-state index in [1.807, 2.05) is 13.8 Å². The lowest BCUT2D eigenvalue weighted by atomic mass is 9.85. The molecule has 1 fully saturated rings. The number of aliphatic hydroxyl groups is 1. The van der Waals surface area contributed by atoms with E-state index < -0.39 is 5.79 Å². The average molecular weight is 300 g/mol. The van der Waals surface area contributed by atoms with Crippen molar-refractivity contribution in [3.05, 3.63) is 0 Å². The maximum absolute atomic E-state index is 8.71. The average Bonchev–Trinajstić information content (AvgIpc) is 2.45. The molecule has 3 heteroatoms. The van der Waals surface area contributed by atoms with E-state index in [1.54, 1.807) is 0 Å². The molecule has 1 aliphatic heterocycles. The summed E-state index contributed by atoms with van der Waals surface area (Å²) in [7, 11) is 0. The van der Waals surface area contributed by atoms with Gasteiger partial charge in [-0.25, -0.2) is 0 Å². The van der Waals surface area contributed by atoms with Crippen LogP contribution in [-0.4, -0.2) is 30.7 Å². The van der Waals surface area contributed by atoms with Gasteiger partial charge in [0, 0.05) is 12.0 Å². The van der Waals surface area contributed by atoms with Crippen LogP contribution < -0.4 is 0 Å². The molecule has 0 aromatic carbocycles. The van der Waals surface area contributed by atoms with Crippen LogP contribution in [0.25, 0.3) is 0 Å². The quantitative estimate of drug-likeness (QED) is 0.564. The second kappa shape index (κ2) is 9.81. The molecular formula is C18H36O3. The Kier molecular flexibility index (Phi) is 8.84. The summed E-state index contributed by atoms with van der Waals surface area (Å²) in [6.45, 7) is 8.27. The molecule has 0 aliphatic carbocycles. The molecule has 0 aromatic rings. The summed E-state index contributed by atoms with van der Waals surface area (Å²) in [5.74, 6) is -0.393. The monoisotopic (exact) mass is 300 g/mol. The fraction of sp³-hybridized carbons (Fsp3) is 1.00. The van der Waals surface area contributed by atoms with Crippen molar-refractivity contribution >= 4 is 0 Å². The van der Waals surface area contributed by atoms with E-state index in [-0.39, 0.29) is 5.41 Å². The first-order chi connectivity index (χ1) is 9.97. The van der Waals surface area contributed by atoms with E-state index in [0.29, 0.717) is 6.61 Å². The molecule has 0 amide bonds. The maximum Gasteiger partial charge on any atom is 0.162 e. The highest BCUT2D eigenvalue weighted by Gasteiger charge is 2.35. The molecular weight excluding hydrogens is 264 g/mol. The van der Waals surface area contributed by atoms with Crippen LogP contribution in [0.1, 0.15) is 85.0 Å². The maximum atomic E-state index is 8.71. The van der Waals surface area contributed by atoms with E-state index in [9.17, 15) is 0 Å². The number of aliphatic hydroxyl groups excluding tert-OH is 1. The van der Waals surface area contributed by atoms with Gasteiger partial charge in [-0.2, -0.15) is 0 Å². The molecule has 0 spiro atoms. The van der Waals surface area contributed by atoms with Crippen LogP contribution in [-0.2, 0) is 9.47 Å². The fourth-order valence-corrected chi connectivity index (χ4v) is 2.82. The highest BCUT2D eigenvalue weighted by molar-refractivity contribution is 4.79. The Morgan fingerprint density at radius 3 is 1.62 bits per heavy atom. The molecule has 126 valence electrons. The first-order valence-corrected chi connectivity index (χ1v) is 8.86. The zero-order valence-corrected chi connectivity index (χ0v) is 14.5. The van der Waals surface area contributed by atoms with Crippen LogP contribution in [0, 0.1) is 5.41 Å². The lowest BCUT2D eigenvalue weighted by Gasteiger charge is -2.41. The van der Waals surface area contributed by atoms with Gasteiger partial charge in [-0.05, 0) is 26.7 Å². The van der Waals surface area contributed by atoms with Crippen molar-refractivity contribution in [3.63, 3.8) is 0 Å². The fourth-order valence-electron chi connectivity index (χ4n) is 2.82. The van der Waals surface area contributed by atoms with Crippen molar-refractivity contribution in [2.75, 3.05) is 19.8 Å². The summed E-state index contributed by atoms with van der Waals surface area (Å²) in [5, 5.41) is 8.71. The Bertz CT molecular complexity index is 253. The topological polar surface area (TPSA) is 38.7 Å². The van der Waals surface area contributed by atoms with Crippen molar-refractivity contribution < 1.29 is 14.6 Å². The van der Waals surface area contributed by atoms with Gasteiger partial charge in [-0.15, -0.1) is 0 Å². The van der Waals surface area contributed by atoms with Crippen molar-refractivity contribution in [1.29, 1.82) is 0 Å². The van der Waals surface area contributed by atoms with E-state index in [0.717, 1.165) is 19.6 Å². The van der Waals surface area contributed by atoms with Gasteiger partial charge in [0.1, 0.15) is 0 Å². The number of hydrogen-bond acceptors (Lipinski definition) is 3. The van der Waals surface area contributed by atoms with Gasteiger partial charge in [-0.3, -0.25) is 0 Å². The van der Waals surface area contributed by atoms with Crippen molar-refractivity contribution in [1.82, 2.24) is 0 Å². The minimum Gasteiger partial charge on any atom is -0.396 e. The predicted octanol–water partition coefficient (Wildman–Crippen LogP) is 4.67. The summed E-state index contributed by atoms with van der Waals surface area (Å²) >= 11 is 0. The Morgan fingerprint density at radius 2 is 1.14 bits per heavy atom. The van der Waals surface area contributed by atoms with Gasteiger partial charge < -0.3 is 14.6 Å². The Labute approximate surface area is 131 Å². The molecule has 0 atom stereocenters. The summed E-state index contributed by atoms with van der Waals surface area (Å²) in [4.78, 5) is 0. The molecule has 3 nitrogen and oxygen atoms in total. The lowest BCUT2D eigenvalue weighted by Crippen LogP contribution is -2.44. The third-order valence-corrected chi connectivity index (χ3v) is 4.47. The van der Waals surface area contributed by atoms with E-state index in [2.05, 4.69) is 6.92 Å². The van der Waals surface area contributed by atoms with Gasteiger partial charge >= 0.3 is 0 Å². The van der Waals surface area contributed by atoms with Gasteiger partial charge in [-0.1, -0.05) is 58.3 Å². The summed E-state index contributed by atoms with van der Waals surface area (Å²) in [6.07, 6.45) is 12.6. The summed E-state index contributed by atoms with van der Waals surface area (Å²) in [6, 6.07) is 0. The molecule has 1 aliphatic rings. The first-order valence-electron chi connectivity index (χ1n) is 8.86. The van der Waals surface area contributed by atoms with Crippen LogP contribution in [0.3, 0.4) is 0 Å². The second-order valence-electron chi connectivity index (χ2n) is 7.44. The molecule has 0 saturated carbocycles. The van der Waals surface area contributed by atoms with Gasteiger partial charge in [0.15, 0.2) is 5.79 Å². The molecule has 1 saturated heterocycles. The van der Waals surface area contributed by atoms with Gasteiger partial charge in [0.25, 0.3) is 0 Å². The van der Waals surface area contributed by atoms with Crippen LogP contribution in [0.2, 0.25) is 0 Å². The molecule has 1 rings (SSSR count). The molecule has 21 heavy (non-hydrogen) atoms. The Morgan fingerprint density at radius 1 is 0.714 bits per heavy atom. The predicted molar refractivity (Wildman–Crippen MR) is 87.3 cm³/mol. The van der Waals surface area contributed by atoms with Crippen molar-refractivity contribution in [2.45, 2.75) is 90.8 Å². The molecule has 0 aromatic heterocycles. The summed E-state index contributed by atoms with van der Waals surface area (Å²) in [5.41, 5.74) is 0.208. The minimum atomic E-state index is -0.393. The standard InChI is InChI=1S/C18H36O3/c1-17(2)20-15-18(3,16-21-17)13-11-9-7-5-4-6-8-10-12-14-19/h19H,4-16H2,1-3H3. The zero-order valence-electron chi connectivity index (χ0n) is 14.5. The number of rotatable bonds is 11. The largest absolute Gasteiger partial charge is 0.396 e. The third kappa shape index (κ3) is 8.80.